The molecule has 3 N–H and O–H groups in total. The molecule has 0 aliphatic carbocycles. The first kappa shape index (κ1) is 9.36. The third-order valence-corrected chi connectivity index (χ3v) is 2.05. The Labute approximate surface area is 77.0 Å². The minimum absolute atomic E-state index is 0.241. The Morgan fingerprint density at radius 2 is 2.17 bits per heavy atom. The normalized spacial score (nSPS) is 10.2. The van der Waals surface area contributed by atoms with Gasteiger partial charge >= 0.3 is 0 Å². The molecule has 0 heterocycles. The smallest absolute Gasteiger partial charge is 0.120 e. The summed E-state index contributed by atoms with van der Waals surface area (Å²) in [4.78, 5) is 0. The Morgan fingerprint density at radius 1 is 1.50 bits per heavy atom. The third-order valence-electron chi connectivity index (χ3n) is 1.71. The number of halogens is 1. The fourth-order valence-electron chi connectivity index (χ4n) is 1.15. The number of hydrogen-bond donors (Lipinski definition) is 2. The summed E-state index contributed by atoms with van der Waals surface area (Å²) in [6.45, 7) is 2.38. The van der Waals surface area contributed by atoms with Crippen molar-refractivity contribution in [3.05, 3.63) is 28.3 Å². The predicted molar refractivity (Wildman–Crippen MR) is 50.6 cm³/mol. The second-order valence-electron chi connectivity index (χ2n) is 2.78. The standard InChI is InChI=1S/C9H12ClNO/c1-6-4-8(10)7(2-3-11)9(12)5-6/h4-5,12H,2-3,11H2,1H3. The largest absolute Gasteiger partial charge is 0.508 e. The zero-order valence-electron chi connectivity index (χ0n) is 6.97. The van der Waals surface area contributed by atoms with E-state index >= 15 is 0 Å². The van der Waals surface area contributed by atoms with Crippen molar-refractivity contribution in [1.29, 1.82) is 0 Å². The number of nitrogens with two attached hydrogens (primary N) is 1. The van der Waals surface area contributed by atoms with Gasteiger partial charge in [-0.3, -0.25) is 0 Å². The molecule has 0 spiro atoms. The number of aryl methyl sites for hydroxylation is 1. The van der Waals surface area contributed by atoms with Crippen LogP contribution in [0.3, 0.4) is 0 Å². The summed E-state index contributed by atoms with van der Waals surface area (Å²) in [7, 11) is 0. The summed E-state index contributed by atoms with van der Waals surface area (Å²) in [5.74, 6) is 0.241. The van der Waals surface area contributed by atoms with Crippen LogP contribution in [0.5, 0.6) is 5.75 Å². The molecule has 1 aromatic carbocycles. The molecule has 0 saturated carbocycles. The molecule has 0 aliphatic rings. The molecule has 3 heteroatoms. The molecule has 0 bridgehead atoms. The first-order chi connectivity index (χ1) is 5.65. The molecule has 0 atom stereocenters. The molecule has 1 aromatic rings. The van der Waals surface area contributed by atoms with Gasteiger partial charge in [-0.25, -0.2) is 0 Å². The van der Waals surface area contributed by atoms with Crippen molar-refractivity contribution in [1.82, 2.24) is 0 Å². The molecule has 0 radical (unpaired) electrons. The number of aromatic hydroxyl groups is 1. The van der Waals surface area contributed by atoms with Crippen molar-refractivity contribution >= 4 is 11.6 Å². The Hall–Kier alpha value is -0.730. The number of benzene rings is 1. The van der Waals surface area contributed by atoms with Gasteiger partial charge in [0.2, 0.25) is 0 Å². The Bertz CT molecular complexity index is 263. The summed E-state index contributed by atoms with van der Waals surface area (Å²) in [6, 6.07) is 3.52. The molecule has 2 nitrogen and oxygen atoms in total. The SMILES string of the molecule is Cc1cc(O)c(CCN)c(Cl)c1. The lowest BCUT2D eigenvalue weighted by Gasteiger charge is -2.06. The fourth-order valence-corrected chi connectivity index (χ4v) is 1.51. The van der Waals surface area contributed by atoms with Gasteiger partial charge in [0.05, 0.1) is 0 Å². The van der Waals surface area contributed by atoms with Gasteiger partial charge in [0.1, 0.15) is 5.75 Å². The summed E-state index contributed by atoms with van der Waals surface area (Å²) < 4.78 is 0. The zero-order chi connectivity index (χ0) is 9.14. The second kappa shape index (κ2) is 3.78. The maximum atomic E-state index is 9.46. The Balaban J connectivity index is 3.10. The Kier molecular flexibility index (Phi) is 2.95. The maximum absolute atomic E-state index is 9.46. The van der Waals surface area contributed by atoms with Crippen LogP contribution in [0.1, 0.15) is 11.1 Å². The van der Waals surface area contributed by atoms with Gasteiger partial charge in [0, 0.05) is 10.6 Å². The van der Waals surface area contributed by atoms with Gasteiger partial charge in [-0.1, -0.05) is 11.6 Å². The molecule has 0 aliphatic heterocycles. The van der Waals surface area contributed by atoms with E-state index in [4.69, 9.17) is 17.3 Å². The van der Waals surface area contributed by atoms with Crippen LogP contribution >= 0.6 is 11.6 Å². The second-order valence-corrected chi connectivity index (χ2v) is 3.19. The van der Waals surface area contributed by atoms with E-state index in [-0.39, 0.29) is 5.75 Å². The Morgan fingerprint density at radius 3 is 2.67 bits per heavy atom. The van der Waals surface area contributed by atoms with Crippen molar-refractivity contribution in [3.63, 3.8) is 0 Å². The van der Waals surface area contributed by atoms with Gasteiger partial charge in [0.25, 0.3) is 0 Å². The van der Waals surface area contributed by atoms with Crippen LogP contribution in [-0.4, -0.2) is 11.7 Å². The molecule has 1 rings (SSSR count). The quantitative estimate of drug-likeness (QED) is 0.739. The molecule has 0 aromatic heterocycles. The van der Waals surface area contributed by atoms with Crippen LogP contribution in [0.2, 0.25) is 5.02 Å². The van der Waals surface area contributed by atoms with E-state index in [1.54, 1.807) is 6.07 Å². The number of rotatable bonds is 2. The summed E-state index contributed by atoms with van der Waals surface area (Å²) in [6.07, 6.45) is 0.616. The fraction of sp³-hybridized carbons (Fsp3) is 0.333. The molecule has 0 fully saturated rings. The highest BCUT2D eigenvalue weighted by Gasteiger charge is 2.05. The topological polar surface area (TPSA) is 46.2 Å². The van der Waals surface area contributed by atoms with Crippen LogP contribution < -0.4 is 5.73 Å². The van der Waals surface area contributed by atoms with Crippen LogP contribution in [0.15, 0.2) is 12.1 Å². The van der Waals surface area contributed by atoms with E-state index in [1.165, 1.54) is 0 Å². The van der Waals surface area contributed by atoms with E-state index < -0.39 is 0 Å². The van der Waals surface area contributed by atoms with E-state index in [0.29, 0.717) is 18.0 Å². The van der Waals surface area contributed by atoms with Crippen molar-refractivity contribution < 1.29 is 5.11 Å². The molecule has 0 saturated heterocycles. The zero-order valence-corrected chi connectivity index (χ0v) is 7.73. The first-order valence-electron chi connectivity index (χ1n) is 3.83. The third kappa shape index (κ3) is 1.90. The van der Waals surface area contributed by atoms with Crippen LogP contribution in [-0.2, 0) is 6.42 Å². The average Bonchev–Trinajstić information content (AvgIpc) is 1.96. The van der Waals surface area contributed by atoms with Crippen LogP contribution in [0.4, 0.5) is 0 Å². The van der Waals surface area contributed by atoms with Crippen molar-refractivity contribution in [2.24, 2.45) is 5.73 Å². The lowest BCUT2D eigenvalue weighted by atomic mass is 10.1. The molecular weight excluding hydrogens is 174 g/mol. The van der Waals surface area contributed by atoms with E-state index in [0.717, 1.165) is 11.1 Å². The van der Waals surface area contributed by atoms with E-state index in [9.17, 15) is 5.11 Å². The average molecular weight is 186 g/mol. The molecular formula is C9H12ClNO. The van der Waals surface area contributed by atoms with Crippen molar-refractivity contribution in [3.8, 4) is 5.75 Å². The molecule has 66 valence electrons. The highest BCUT2D eigenvalue weighted by molar-refractivity contribution is 6.31. The summed E-state index contributed by atoms with van der Waals surface area (Å²) in [5, 5.41) is 10.1. The van der Waals surface area contributed by atoms with Gasteiger partial charge in [-0.05, 0) is 37.6 Å². The van der Waals surface area contributed by atoms with E-state index in [2.05, 4.69) is 0 Å². The maximum Gasteiger partial charge on any atom is 0.120 e. The first-order valence-corrected chi connectivity index (χ1v) is 4.21. The van der Waals surface area contributed by atoms with Crippen molar-refractivity contribution in [2.75, 3.05) is 6.54 Å². The lowest BCUT2D eigenvalue weighted by Crippen LogP contribution is -2.03. The van der Waals surface area contributed by atoms with Crippen LogP contribution in [0.25, 0.3) is 0 Å². The minimum Gasteiger partial charge on any atom is -0.508 e. The molecule has 0 unspecified atom stereocenters. The van der Waals surface area contributed by atoms with Crippen LogP contribution in [0, 0.1) is 6.92 Å². The van der Waals surface area contributed by atoms with Gasteiger partial charge in [-0.15, -0.1) is 0 Å². The molecule has 12 heavy (non-hydrogen) atoms. The number of hydrogen-bond acceptors (Lipinski definition) is 2. The number of phenolic OH excluding ortho intramolecular Hbond substituents is 1. The summed E-state index contributed by atoms with van der Waals surface area (Å²) >= 11 is 5.90. The highest BCUT2D eigenvalue weighted by Crippen LogP contribution is 2.27. The number of phenols is 1. The summed E-state index contributed by atoms with van der Waals surface area (Å²) in [5.41, 5.74) is 7.06. The van der Waals surface area contributed by atoms with Gasteiger partial charge in [-0.2, -0.15) is 0 Å². The monoisotopic (exact) mass is 185 g/mol. The van der Waals surface area contributed by atoms with E-state index in [1.807, 2.05) is 13.0 Å². The van der Waals surface area contributed by atoms with Gasteiger partial charge in [0.15, 0.2) is 0 Å². The minimum atomic E-state index is 0.241. The van der Waals surface area contributed by atoms with Crippen molar-refractivity contribution in [2.45, 2.75) is 13.3 Å². The molecule has 0 amide bonds. The highest BCUT2D eigenvalue weighted by atomic mass is 35.5. The van der Waals surface area contributed by atoms with Gasteiger partial charge < -0.3 is 10.8 Å². The predicted octanol–water partition coefficient (Wildman–Crippen LogP) is 1.86. The lowest BCUT2D eigenvalue weighted by molar-refractivity contribution is 0.468.